The van der Waals surface area contributed by atoms with E-state index in [4.69, 9.17) is 11.6 Å². The van der Waals surface area contributed by atoms with E-state index in [2.05, 4.69) is 17.2 Å². The average molecular weight is 430 g/mol. The van der Waals surface area contributed by atoms with Crippen LogP contribution >= 0.6 is 11.6 Å². The van der Waals surface area contributed by atoms with E-state index in [9.17, 15) is 13.6 Å². The Morgan fingerprint density at radius 3 is 2.60 bits per heavy atom. The molecule has 2 aromatic carbocycles. The first kappa shape index (κ1) is 19.5. The molecule has 2 aliphatic rings. The minimum absolute atomic E-state index is 0.0789. The summed E-state index contributed by atoms with van der Waals surface area (Å²) in [5.74, 6) is 0.199. The van der Waals surface area contributed by atoms with Gasteiger partial charge in [-0.15, -0.1) is 0 Å². The Labute approximate surface area is 178 Å². The molecule has 1 heterocycles. The number of amides is 1. The molecule has 2 aliphatic carbocycles. The van der Waals surface area contributed by atoms with Gasteiger partial charge in [-0.1, -0.05) is 18.5 Å². The van der Waals surface area contributed by atoms with E-state index in [0.29, 0.717) is 39.4 Å². The summed E-state index contributed by atoms with van der Waals surface area (Å²) in [6.07, 6.45) is 4.33. The Morgan fingerprint density at radius 1 is 1.23 bits per heavy atom. The van der Waals surface area contributed by atoms with Gasteiger partial charge < -0.3 is 9.88 Å². The third kappa shape index (κ3) is 3.27. The Kier molecular flexibility index (Phi) is 4.77. The molecule has 3 aromatic rings. The molecule has 4 nitrogen and oxygen atoms in total. The number of hydrogen-bond donors (Lipinski definition) is 1. The van der Waals surface area contributed by atoms with E-state index in [-0.39, 0.29) is 18.0 Å². The van der Waals surface area contributed by atoms with Gasteiger partial charge >= 0.3 is 0 Å². The van der Waals surface area contributed by atoms with E-state index in [1.807, 2.05) is 4.57 Å². The number of benzene rings is 2. The molecule has 0 saturated heterocycles. The van der Waals surface area contributed by atoms with Crippen molar-refractivity contribution >= 4 is 28.5 Å². The summed E-state index contributed by atoms with van der Waals surface area (Å²) in [5, 5.41) is 3.79. The highest BCUT2D eigenvalue weighted by atomic mass is 35.5. The van der Waals surface area contributed by atoms with Crippen LogP contribution in [0.2, 0.25) is 5.02 Å². The molecular weight excluding hydrogens is 408 g/mol. The number of imidazole rings is 1. The number of nitrogens with one attached hydrogen (secondary N) is 1. The Hall–Kier alpha value is -2.47. The predicted molar refractivity (Wildman–Crippen MR) is 111 cm³/mol. The lowest BCUT2D eigenvalue weighted by molar-refractivity contribution is 0.0927. The molecule has 1 aromatic heterocycles. The van der Waals surface area contributed by atoms with Crippen molar-refractivity contribution in [3.05, 3.63) is 64.9 Å². The summed E-state index contributed by atoms with van der Waals surface area (Å²) in [4.78, 5) is 16.8. The van der Waals surface area contributed by atoms with Crippen molar-refractivity contribution in [3.63, 3.8) is 0 Å². The van der Waals surface area contributed by atoms with Gasteiger partial charge in [-0.25, -0.2) is 13.8 Å². The molecule has 2 fully saturated rings. The van der Waals surface area contributed by atoms with Crippen LogP contribution in [0.1, 0.15) is 42.6 Å². The normalized spacial score (nSPS) is 25.9. The molecule has 0 spiro atoms. The number of nitrogens with zero attached hydrogens (tertiary/aromatic N) is 2. The Morgan fingerprint density at radius 2 is 1.93 bits per heavy atom. The maximum absolute atomic E-state index is 14.3. The van der Waals surface area contributed by atoms with Crippen LogP contribution < -0.4 is 5.32 Å². The molecule has 156 valence electrons. The van der Waals surface area contributed by atoms with Crippen molar-refractivity contribution < 1.29 is 13.6 Å². The Balaban J connectivity index is 1.27. The SMILES string of the molecule is CCC(NC(=O)c1ccc(Cl)cc1)C1[C@H]2CC(n3cnc4cc(F)cc(F)c43)C[C@@H]12. The molecule has 2 saturated carbocycles. The second-order valence-electron chi connectivity index (χ2n) is 8.43. The van der Waals surface area contributed by atoms with Crippen LogP contribution in [-0.2, 0) is 0 Å². The van der Waals surface area contributed by atoms with Gasteiger partial charge in [0.05, 0.1) is 11.8 Å². The summed E-state index contributed by atoms with van der Waals surface area (Å²) >= 11 is 5.90. The van der Waals surface area contributed by atoms with Gasteiger partial charge in [0.15, 0.2) is 5.82 Å². The molecule has 5 rings (SSSR count). The zero-order valence-electron chi connectivity index (χ0n) is 16.5. The smallest absolute Gasteiger partial charge is 0.251 e. The molecule has 0 aliphatic heterocycles. The van der Waals surface area contributed by atoms with E-state index in [1.54, 1.807) is 30.6 Å². The number of aromatic nitrogens is 2. The van der Waals surface area contributed by atoms with Crippen LogP contribution in [-0.4, -0.2) is 21.5 Å². The molecule has 1 amide bonds. The van der Waals surface area contributed by atoms with Gasteiger partial charge in [0.2, 0.25) is 0 Å². The number of carbonyl (C=O) groups excluding carboxylic acids is 1. The van der Waals surface area contributed by atoms with Crippen molar-refractivity contribution in [2.75, 3.05) is 0 Å². The monoisotopic (exact) mass is 429 g/mol. The van der Waals surface area contributed by atoms with E-state index >= 15 is 0 Å². The van der Waals surface area contributed by atoms with Crippen LogP contribution in [0.4, 0.5) is 8.78 Å². The second-order valence-corrected chi connectivity index (χ2v) is 8.87. The highest BCUT2D eigenvalue weighted by molar-refractivity contribution is 6.30. The lowest BCUT2D eigenvalue weighted by Gasteiger charge is -2.22. The highest BCUT2D eigenvalue weighted by Gasteiger charge is 2.59. The highest BCUT2D eigenvalue weighted by Crippen LogP contribution is 2.62. The van der Waals surface area contributed by atoms with Crippen molar-refractivity contribution in [2.24, 2.45) is 17.8 Å². The molecule has 7 heteroatoms. The molecule has 5 atom stereocenters. The molecule has 1 N–H and O–H groups in total. The maximum Gasteiger partial charge on any atom is 0.251 e. The largest absolute Gasteiger partial charge is 0.349 e. The third-order valence-corrected chi connectivity index (χ3v) is 7.05. The van der Waals surface area contributed by atoms with Crippen molar-refractivity contribution in [1.29, 1.82) is 0 Å². The zero-order valence-corrected chi connectivity index (χ0v) is 17.2. The van der Waals surface area contributed by atoms with Crippen LogP contribution in [0, 0.1) is 29.4 Å². The zero-order chi connectivity index (χ0) is 21.0. The summed E-state index contributed by atoms with van der Waals surface area (Å²) in [5.41, 5.74) is 1.34. The van der Waals surface area contributed by atoms with Gasteiger partial charge in [0.25, 0.3) is 5.91 Å². The van der Waals surface area contributed by atoms with E-state index in [0.717, 1.165) is 25.3 Å². The van der Waals surface area contributed by atoms with Crippen LogP contribution in [0.3, 0.4) is 0 Å². The van der Waals surface area contributed by atoms with Gasteiger partial charge in [0.1, 0.15) is 11.3 Å². The quantitative estimate of drug-likeness (QED) is 0.592. The van der Waals surface area contributed by atoms with E-state index < -0.39 is 11.6 Å². The fourth-order valence-corrected chi connectivity index (χ4v) is 5.50. The first-order valence-electron chi connectivity index (χ1n) is 10.3. The third-order valence-electron chi connectivity index (χ3n) is 6.79. The molecule has 0 bridgehead atoms. The standard InChI is InChI=1S/C23H22ClF2N3O/c1-2-19(28-23(30)12-3-5-13(24)6-4-12)21-16-9-15(10-17(16)21)29-11-27-20-8-14(25)7-18(26)22(20)29/h3-8,11,15-17,19,21H,2,9-10H2,1H3,(H,28,30)/t15?,16-,17+,19?,21?. The average Bonchev–Trinajstić information content (AvgIpc) is 3.06. The predicted octanol–water partition coefficient (Wildman–Crippen LogP) is 5.37. The fourth-order valence-electron chi connectivity index (χ4n) is 5.38. The number of rotatable bonds is 5. The summed E-state index contributed by atoms with van der Waals surface area (Å²) in [7, 11) is 0. The lowest BCUT2D eigenvalue weighted by atomic mass is 9.98. The van der Waals surface area contributed by atoms with Gasteiger partial charge in [0, 0.05) is 34.8 Å². The summed E-state index contributed by atoms with van der Waals surface area (Å²) in [6, 6.07) is 9.36. The van der Waals surface area contributed by atoms with Gasteiger partial charge in [-0.2, -0.15) is 0 Å². The van der Waals surface area contributed by atoms with Crippen LogP contribution in [0.15, 0.2) is 42.7 Å². The van der Waals surface area contributed by atoms with E-state index in [1.165, 1.54) is 6.07 Å². The molecular formula is C23H22ClF2N3O. The second kappa shape index (κ2) is 7.34. The Bertz CT molecular complexity index is 1100. The lowest BCUT2D eigenvalue weighted by Crippen LogP contribution is -2.37. The minimum atomic E-state index is -0.609. The summed E-state index contributed by atoms with van der Waals surface area (Å²) < 4.78 is 29.6. The minimum Gasteiger partial charge on any atom is -0.349 e. The summed E-state index contributed by atoms with van der Waals surface area (Å²) in [6.45, 7) is 2.09. The van der Waals surface area contributed by atoms with Gasteiger partial charge in [-0.3, -0.25) is 4.79 Å². The number of hydrogen-bond acceptors (Lipinski definition) is 2. The van der Waals surface area contributed by atoms with Crippen LogP contribution in [0.25, 0.3) is 11.0 Å². The van der Waals surface area contributed by atoms with Gasteiger partial charge in [-0.05, 0) is 61.3 Å². The van der Waals surface area contributed by atoms with Crippen molar-refractivity contribution in [2.45, 2.75) is 38.3 Å². The van der Waals surface area contributed by atoms with Crippen molar-refractivity contribution in [1.82, 2.24) is 14.9 Å². The molecule has 3 unspecified atom stereocenters. The van der Waals surface area contributed by atoms with Crippen molar-refractivity contribution in [3.8, 4) is 0 Å². The first-order chi connectivity index (χ1) is 14.5. The number of halogens is 3. The first-order valence-corrected chi connectivity index (χ1v) is 10.7. The number of carbonyl (C=O) groups is 1. The molecule has 0 radical (unpaired) electrons. The topological polar surface area (TPSA) is 46.9 Å². The molecule has 30 heavy (non-hydrogen) atoms. The van der Waals surface area contributed by atoms with Crippen LogP contribution in [0.5, 0.6) is 0 Å². The fraction of sp³-hybridized carbons (Fsp3) is 0.391. The number of fused-ring (bicyclic) bond motifs is 2. The maximum atomic E-state index is 14.3.